The van der Waals surface area contributed by atoms with Gasteiger partial charge in [-0.05, 0) is 18.2 Å². The van der Waals surface area contributed by atoms with E-state index >= 15 is 0 Å². The molecule has 2 amide bonds. The van der Waals surface area contributed by atoms with Gasteiger partial charge in [0.1, 0.15) is 0 Å². The van der Waals surface area contributed by atoms with E-state index in [0.29, 0.717) is 0 Å². The Morgan fingerprint density at radius 2 is 2.06 bits per heavy atom. The fourth-order valence-corrected chi connectivity index (χ4v) is 1.52. The summed E-state index contributed by atoms with van der Waals surface area (Å²) in [4.78, 5) is 12.5. The molecule has 0 unspecified atom stereocenters. The molecule has 0 saturated carbocycles. The summed E-state index contributed by atoms with van der Waals surface area (Å²) in [6, 6.07) is 3.74. The SMILES string of the molecule is C=C(S)N(C(=O)NC)c1cccc(C(F)(F)F)c1. The second-order valence-electron chi connectivity index (χ2n) is 3.35. The molecule has 98 valence electrons. The maximum Gasteiger partial charge on any atom is 0.416 e. The van der Waals surface area contributed by atoms with Crippen LogP contribution < -0.4 is 10.2 Å². The maximum atomic E-state index is 12.6. The van der Waals surface area contributed by atoms with Crippen molar-refractivity contribution in [1.29, 1.82) is 0 Å². The molecule has 0 fully saturated rings. The molecular formula is C11H11F3N2OS. The highest BCUT2D eigenvalue weighted by atomic mass is 32.1. The third kappa shape index (κ3) is 3.19. The van der Waals surface area contributed by atoms with Gasteiger partial charge in [-0.25, -0.2) is 4.79 Å². The molecule has 1 N–H and O–H groups in total. The van der Waals surface area contributed by atoms with Gasteiger partial charge in [-0.2, -0.15) is 13.2 Å². The topological polar surface area (TPSA) is 32.3 Å². The third-order valence-electron chi connectivity index (χ3n) is 2.11. The number of urea groups is 1. The zero-order valence-corrected chi connectivity index (χ0v) is 10.3. The summed E-state index contributed by atoms with van der Waals surface area (Å²) in [5.74, 6) is 0. The lowest BCUT2D eigenvalue weighted by Gasteiger charge is -2.22. The number of thiol groups is 1. The minimum atomic E-state index is -4.47. The predicted octanol–water partition coefficient (Wildman–Crippen LogP) is 3.25. The van der Waals surface area contributed by atoms with Crippen molar-refractivity contribution in [3.8, 4) is 0 Å². The quantitative estimate of drug-likeness (QED) is 0.798. The van der Waals surface area contributed by atoms with Crippen molar-refractivity contribution in [1.82, 2.24) is 5.32 Å². The van der Waals surface area contributed by atoms with Crippen molar-refractivity contribution < 1.29 is 18.0 Å². The third-order valence-corrected chi connectivity index (χ3v) is 2.31. The molecule has 0 atom stereocenters. The lowest BCUT2D eigenvalue weighted by atomic mass is 10.2. The van der Waals surface area contributed by atoms with Crippen LogP contribution in [0.3, 0.4) is 0 Å². The Balaban J connectivity index is 3.22. The number of halogens is 3. The van der Waals surface area contributed by atoms with Crippen LogP contribution in [0.15, 0.2) is 35.9 Å². The van der Waals surface area contributed by atoms with Crippen molar-refractivity contribution >= 4 is 24.3 Å². The second-order valence-corrected chi connectivity index (χ2v) is 3.87. The summed E-state index contributed by atoms with van der Waals surface area (Å²) in [5.41, 5.74) is -0.798. The van der Waals surface area contributed by atoms with Crippen molar-refractivity contribution in [2.24, 2.45) is 0 Å². The van der Waals surface area contributed by atoms with Crippen molar-refractivity contribution in [3.63, 3.8) is 0 Å². The molecule has 0 radical (unpaired) electrons. The molecule has 0 spiro atoms. The summed E-state index contributed by atoms with van der Waals surface area (Å²) in [6.07, 6.45) is -4.47. The van der Waals surface area contributed by atoms with Gasteiger partial charge in [0.05, 0.1) is 16.3 Å². The Bertz CT molecular complexity index is 474. The number of alkyl halides is 3. The fraction of sp³-hybridized carbons (Fsp3) is 0.182. The van der Waals surface area contributed by atoms with Gasteiger partial charge in [-0.15, -0.1) is 12.6 Å². The zero-order chi connectivity index (χ0) is 13.9. The van der Waals surface area contributed by atoms with Crippen molar-refractivity contribution in [2.75, 3.05) is 11.9 Å². The van der Waals surface area contributed by atoms with E-state index in [0.717, 1.165) is 17.0 Å². The maximum absolute atomic E-state index is 12.6. The minimum absolute atomic E-state index is 0.0219. The average molecular weight is 276 g/mol. The largest absolute Gasteiger partial charge is 0.416 e. The monoisotopic (exact) mass is 276 g/mol. The molecule has 1 aromatic carbocycles. The Morgan fingerprint density at radius 3 is 2.50 bits per heavy atom. The lowest BCUT2D eigenvalue weighted by Crippen LogP contribution is -2.36. The summed E-state index contributed by atoms with van der Waals surface area (Å²) in [7, 11) is 1.36. The number of nitrogens with zero attached hydrogens (tertiary/aromatic N) is 1. The highest BCUT2D eigenvalue weighted by molar-refractivity contribution is 7.84. The standard InChI is InChI=1S/C11H11F3N2OS/c1-7(18)16(10(17)15-2)9-5-3-4-8(6-9)11(12,13)14/h3-6,18H,1H2,2H3,(H,15,17). The van der Waals surface area contributed by atoms with E-state index in [-0.39, 0.29) is 10.7 Å². The van der Waals surface area contributed by atoms with Crippen molar-refractivity contribution in [2.45, 2.75) is 6.18 Å². The van der Waals surface area contributed by atoms with Gasteiger partial charge < -0.3 is 5.32 Å². The first kappa shape index (κ1) is 14.4. The Morgan fingerprint density at radius 1 is 1.44 bits per heavy atom. The van der Waals surface area contributed by atoms with Gasteiger partial charge in [0.2, 0.25) is 0 Å². The first-order valence-electron chi connectivity index (χ1n) is 4.84. The van der Waals surface area contributed by atoms with E-state index in [4.69, 9.17) is 0 Å². The van der Waals surface area contributed by atoms with Gasteiger partial charge in [0.25, 0.3) is 0 Å². The number of rotatable bonds is 2. The molecular weight excluding hydrogens is 265 g/mol. The average Bonchev–Trinajstić information content (AvgIpc) is 2.27. The molecule has 0 aliphatic heterocycles. The first-order valence-corrected chi connectivity index (χ1v) is 5.29. The van der Waals surface area contributed by atoms with Crippen LogP contribution in [0.4, 0.5) is 23.7 Å². The van der Waals surface area contributed by atoms with Crippen molar-refractivity contribution in [3.05, 3.63) is 41.4 Å². The zero-order valence-electron chi connectivity index (χ0n) is 9.45. The molecule has 1 aromatic rings. The van der Waals surface area contributed by atoms with Crippen LogP contribution in [0.2, 0.25) is 0 Å². The molecule has 0 aliphatic carbocycles. The molecule has 18 heavy (non-hydrogen) atoms. The molecule has 1 rings (SSSR count). The summed E-state index contributed by atoms with van der Waals surface area (Å²) >= 11 is 3.89. The summed E-state index contributed by atoms with van der Waals surface area (Å²) in [6.45, 7) is 3.44. The van der Waals surface area contributed by atoms with Gasteiger partial charge >= 0.3 is 12.2 Å². The number of nitrogens with one attached hydrogen (secondary N) is 1. The van der Waals surface area contributed by atoms with E-state index in [2.05, 4.69) is 24.5 Å². The summed E-state index contributed by atoms with van der Waals surface area (Å²) < 4.78 is 37.7. The number of carbonyl (C=O) groups is 1. The Kier molecular flexibility index (Phi) is 4.28. The molecule has 0 heterocycles. The van der Waals surface area contributed by atoms with E-state index in [9.17, 15) is 18.0 Å². The summed E-state index contributed by atoms with van der Waals surface area (Å²) in [5, 5.41) is 2.32. The smallest absolute Gasteiger partial charge is 0.340 e. The lowest BCUT2D eigenvalue weighted by molar-refractivity contribution is -0.137. The predicted molar refractivity (Wildman–Crippen MR) is 66.5 cm³/mol. The van der Waals surface area contributed by atoms with Crippen LogP contribution >= 0.6 is 12.6 Å². The molecule has 0 bridgehead atoms. The molecule has 0 aromatic heterocycles. The molecule has 7 heteroatoms. The minimum Gasteiger partial charge on any atom is -0.340 e. The first-order chi connectivity index (χ1) is 8.27. The highest BCUT2D eigenvalue weighted by Crippen LogP contribution is 2.32. The number of benzene rings is 1. The van der Waals surface area contributed by atoms with Crippen LogP contribution in [-0.2, 0) is 6.18 Å². The van der Waals surface area contributed by atoms with Gasteiger partial charge in [-0.1, -0.05) is 12.6 Å². The molecule has 0 aliphatic rings. The van der Waals surface area contributed by atoms with Crippen LogP contribution in [0.1, 0.15) is 5.56 Å². The van der Waals surface area contributed by atoms with Gasteiger partial charge in [0.15, 0.2) is 0 Å². The van der Waals surface area contributed by atoms with Gasteiger partial charge in [-0.3, -0.25) is 4.90 Å². The van der Waals surface area contributed by atoms with Crippen LogP contribution in [0.25, 0.3) is 0 Å². The van der Waals surface area contributed by atoms with E-state index in [1.165, 1.54) is 19.2 Å². The van der Waals surface area contributed by atoms with E-state index < -0.39 is 17.8 Å². The number of hydrogen-bond acceptors (Lipinski definition) is 2. The van der Waals surface area contributed by atoms with E-state index in [1.807, 2.05) is 0 Å². The normalized spacial score (nSPS) is 10.9. The van der Waals surface area contributed by atoms with Crippen LogP contribution in [0, 0.1) is 0 Å². The number of hydrogen-bond donors (Lipinski definition) is 2. The van der Waals surface area contributed by atoms with Crippen LogP contribution in [0.5, 0.6) is 0 Å². The molecule has 0 saturated heterocycles. The van der Waals surface area contributed by atoms with E-state index in [1.54, 1.807) is 0 Å². The number of anilines is 1. The Labute approximate surface area is 108 Å². The van der Waals surface area contributed by atoms with Crippen LogP contribution in [-0.4, -0.2) is 13.1 Å². The fourth-order valence-electron chi connectivity index (χ4n) is 1.32. The number of amides is 2. The number of carbonyl (C=O) groups excluding carboxylic acids is 1. The highest BCUT2D eigenvalue weighted by Gasteiger charge is 2.31. The molecule has 3 nitrogen and oxygen atoms in total. The second kappa shape index (κ2) is 5.34. The Hall–Kier alpha value is -1.63. The van der Waals surface area contributed by atoms with Gasteiger partial charge in [0, 0.05) is 7.05 Å².